The van der Waals surface area contributed by atoms with Gasteiger partial charge in [0.05, 0.1) is 17.4 Å². The Morgan fingerprint density at radius 2 is 1.69 bits per heavy atom. The van der Waals surface area contributed by atoms with E-state index in [1.54, 1.807) is 10.6 Å². The fourth-order valence-corrected chi connectivity index (χ4v) is 5.54. The number of nitrogens with zero attached hydrogens (tertiary/aromatic N) is 2. The van der Waals surface area contributed by atoms with Crippen molar-refractivity contribution in [2.24, 2.45) is 0 Å². The first kappa shape index (κ1) is 24.1. The van der Waals surface area contributed by atoms with E-state index in [0.717, 1.165) is 22.1 Å². The molecule has 6 heteroatoms. The van der Waals surface area contributed by atoms with Gasteiger partial charge in [0.15, 0.2) is 5.16 Å². The summed E-state index contributed by atoms with van der Waals surface area (Å²) in [4.78, 5) is 30.7. The number of hydrogen-bond acceptors (Lipinski definition) is 5. The second-order valence-corrected chi connectivity index (χ2v) is 10.5. The van der Waals surface area contributed by atoms with Crippen LogP contribution >= 0.6 is 11.8 Å². The number of aryl methyl sites for hydroxylation is 2. The van der Waals surface area contributed by atoms with Crippen LogP contribution in [0.3, 0.4) is 0 Å². The maximum absolute atomic E-state index is 13.5. The zero-order valence-corrected chi connectivity index (χ0v) is 21.7. The van der Waals surface area contributed by atoms with E-state index in [0.29, 0.717) is 39.9 Å². The van der Waals surface area contributed by atoms with E-state index < -0.39 is 0 Å². The molecule has 5 rings (SSSR count). The minimum Gasteiger partial charge on any atom is -0.423 e. The van der Waals surface area contributed by atoms with E-state index in [1.807, 2.05) is 68.4 Å². The van der Waals surface area contributed by atoms with E-state index in [-0.39, 0.29) is 11.2 Å². The monoisotopic (exact) mass is 496 g/mol. The van der Waals surface area contributed by atoms with Crippen LogP contribution in [0.5, 0.6) is 0 Å². The Bertz CT molecular complexity index is 1700. The molecular formula is C30H28N2O3S. The number of thioether (sulfide) groups is 1. The summed E-state index contributed by atoms with van der Waals surface area (Å²) in [5, 5.41) is 2.14. The summed E-state index contributed by atoms with van der Waals surface area (Å²) in [5.41, 5.74) is 6.21. The molecule has 2 aromatic heterocycles. The highest BCUT2D eigenvalue weighted by Gasteiger charge is 2.15. The van der Waals surface area contributed by atoms with Crippen molar-refractivity contribution in [1.82, 2.24) is 9.55 Å². The minimum absolute atomic E-state index is 0.0705. The van der Waals surface area contributed by atoms with E-state index in [1.165, 1.54) is 22.9 Å². The molecule has 3 aromatic carbocycles. The Hall–Kier alpha value is -3.64. The maximum Gasteiger partial charge on any atom is 0.336 e. The van der Waals surface area contributed by atoms with Crippen LogP contribution < -0.4 is 11.2 Å². The molecule has 0 saturated heterocycles. The second-order valence-electron chi connectivity index (χ2n) is 9.53. The van der Waals surface area contributed by atoms with Crippen LogP contribution in [-0.2, 0) is 12.3 Å². The standard InChI is InChI=1S/C30H28N2O3S/c1-18(2)24-15-25-22(14-28(33)35-27(25)13-20(24)4)17-36-30-31-26-8-6-5-7-23(26)29(34)32(30)16-21-11-9-19(3)10-12-21/h5-15,18H,16-17H2,1-4H3. The van der Waals surface area contributed by atoms with Gasteiger partial charge in [0, 0.05) is 17.2 Å². The van der Waals surface area contributed by atoms with Crippen molar-refractivity contribution in [3.63, 3.8) is 0 Å². The van der Waals surface area contributed by atoms with Crippen molar-refractivity contribution >= 4 is 33.6 Å². The average Bonchev–Trinajstić information content (AvgIpc) is 2.85. The third-order valence-electron chi connectivity index (χ3n) is 6.48. The van der Waals surface area contributed by atoms with Crippen molar-refractivity contribution in [3.05, 3.63) is 115 Å². The molecule has 36 heavy (non-hydrogen) atoms. The van der Waals surface area contributed by atoms with Gasteiger partial charge >= 0.3 is 5.63 Å². The molecule has 0 radical (unpaired) electrons. The van der Waals surface area contributed by atoms with Crippen LogP contribution in [0.25, 0.3) is 21.9 Å². The number of rotatable bonds is 6. The molecule has 0 fully saturated rings. The van der Waals surface area contributed by atoms with Gasteiger partial charge in [0.2, 0.25) is 0 Å². The molecule has 0 unspecified atom stereocenters. The Labute approximate surface area is 213 Å². The van der Waals surface area contributed by atoms with Crippen LogP contribution in [0.4, 0.5) is 0 Å². The minimum atomic E-state index is -0.377. The molecule has 0 aliphatic rings. The van der Waals surface area contributed by atoms with Crippen molar-refractivity contribution in [2.75, 3.05) is 0 Å². The summed E-state index contributed by atoms with van der Waals surface area (Å²) in [6.07, 6.45) is 0. The van der Waals surface area contributed by atoms with Crippen LogP contribution in [0.2, 0.25) is 0 Å². The fraction of sp³-hybridized carbons (Fsp3) is 0.233. The summed E-state index contributed by atoms with van der Waals surface area (Å²) < 4.78 is 7.25. The van der Waals surface area contributed by atoms with Crippen LogP contribution in [0.15, 0.2) is 85.9 Å². The van der Waals surface area contributed by atoms with Crippen LogP contribution in [-0.4, -0.2) is 9.55 Å². The maximum atomic E-state index is 13.5. The Kier molecular flexibility index (Phi) is 6.54. The van der Waals surface area contributed by atoms with Crippen molar-refractivity contribution < 1.29 is 4.42 Å². The topological polar surface area (TPSA) is 65.1 Å². The van der Waals surface area contributed by atoms with Gasteiger partial charge in [-0.05, 0) is 66.3 Å². The van der Waals surface area contributed by atoms with Gasteiger partial charge in [-0.25, -0.2) is 9.78 Å². The van der Waals surface area contributed by atoms with Crippen LogP contribution in [0.1, 0.15) is 47.6 Å². The van der Waals surface area contributed by atoms with Gasteiger partial charge in [-0.3, -0.25) is 9.36 Å². The second kappa shape index (κ2) is 9.78. The van der Waals surface area contributed by atoms with Crippen molar-refractivity contribution in [1.29, 1.82) is 0 Å². The van der Waals surface area contributed by atoms with Crippen LogP contribution in [0, 0.1) is 13.8 Å². The zero-order chi connectivity index (χ0) is 25.4. The van der Waals surface area contributed by atoms with Gasteiger partial charge in [-0.2, -0.15) is 0 Å². The van der Waals surface area contributed by atoms with E-state index >= 15 is 0 Å². The zero-order valence-electron chi connectivity index (χ0n) is 20.9. The lowest BCUT2D eigenvalue weighted by molar-refractivity contribution is 0.559. The molecular weight excluding hydrogens is 468 g/mol. The number of benzene rings is 3. The molecule has 182 valence electrons. The first-order chi connectivity index (χ1) is 17.3. The Balaban J connectivity index is 1.59. The highest BCUT2D eigenvalue weighted by Crippen LogP contribution is 2.30. The third-order valence-corrected chi connectivity index (χ3v) is 7.51. The third kappa shape index (κ3) is 4.73. The van der Waals surface area contributed by atoms with E-state index in [9.17, 15) is 9.59 Å². The lowest BCUT2D eigenvalue weighted by Gasteiger charge is -2.15. The Morgan fingerprint density at radius 3 is 2.44 bits per heavy atom. The van der Waals surface area contributed by atoms with Crippen molar-refractivity contribution in [3.8, 4) is 0 Å². The lowest BCUT2D eigenvalue weighted by atomic mass is 9.95. The molecule has 0 spiro atoms. The highest BCUT2D eigenvalue weighted by molar-refractivity contribution is 7.98. The molecule has 0 N–H and O–H groups in total. The summed E-state index contributed by atoms with van der Waals surface area (Å²) >= 11 is 1.46. The van der Waals surface area contributed by atoms with Gasteiger partial charge in [-0.15, -0.1) is 0 Å². The van der Waals surface area contributed by atoms with E-state index in [2.05, 4.69) is 19.9 Å². The van der Waals surface area contributed by atoms with Crippen molar-refractivity contribution in [2.45, 2.75) is 51.1 Å². The number of aromatic nitrogens is 2. The average molecular weight is 497 g/mol. The van der Waals surface area contributed by atoms with E-state index in [4.69, 9.17) is 9.40 Å². The summed E-state index contributed by atoms with van der Waals surface area (Å²) in [6.45, 7) is 8.82. The molecule has 5 aromatic rings. The first-order valence-corrected chi connectivity index (χ1v) is 13.0. The number of para-hydroxylation sites is 1. The molecule has 2 heterocycles. The molecule has 0 atom stereocenters. The largest absolute Gasteiger partial charge is 0.423 e. The molecule has 0 bridgehead atoms. The smallest absolute Gasteiger partial charge is 0.336 e. The Morgan fingerprint density at radius 1 is 0.944 bits per heavy atom. The fourth-order valence-electron chi connectivity index (χ4n) is 4.55. The number of fused-ring (bicyclic) bond motifs is 2. The quantitative estimate of drug-likeness (QED) is 0.151. The first-order valence-electron chi connectivity index (χ1n) is 12.1. The predicted molar refractivity (Wildman–Crippen MR) is 147 cm³/mol. The predicted octanol–water partition coefficient (Wildman–Crippen LogP) is 6.58. The summed E-state index contributed by atoms with van der Waals surface area (Å²) in [6, 6.07) is 21.2. The SMILES string of the molecule is Cc1ccc(Cn2c(SCc3cc(=O)oc4cc(C)c(C(C)C)cc34)nc3ccccc3c2=O)cc1. The van der Waals surface area contributed by atoms with Gasteiger partial charge in [-0.1, -0.05) is 67.6 Å². The van der Waals surface area contributed by atoms with Gasteiger partial charge in [0.1, 0.15) is 5.58 Å². The molecule has 0 aliphatic heterocycles. The molecule has 5 nitrogen and oxygen atoms in total. The highest BCUT2D eigenvalue weighted by atomic mass is 32.2. The summed E-state index contributed by atoms with van der Waals surface area (Å²) in [7, 11) is 0. The van der Waals surface area contributed by atoms with Gasteiger partial charge in [0.25, 0.3) is 5.56 Å². The number of hydrogen-bond donors (Lipinski definition) is 0. The molecule has 0 aliphatic carbocycles. The van der Waals surface area contributed by atoms with Gasteiger partial charge < -0.3 is 4.42 Å². The summed E-state index contributed by atoms with van der Waals surface area (Å²) in [5.74, 6) is 0.838. The molecule has 0 saturated carbocycles. The normalized spacial score (nSPS) is 11.6. The molecule has 0 amide bonds. The lowest BCUT2D eigenvalue weighted by Crippen LogP contribution is -2.24.